The molecule has 1 aliphatic heterocycles. The summed E-state index contributed by atoms with van der Waals surface area (Å²) in [6.45, 7) is 3.28. The van der Waals surface area contributed by atoms with Crippen molar-refractivity contribution < 1.29 is 4.79 Å². The largest absolute Gasteiger partial charge is 0.359 e. The predicted octanol–water partition coefficient (Wildman–Crippen LogP) is -0.194. The number of likely N-dealkylation sites (N-methyl/N-ethyl adjacent to an activating group) is 1. The second-order valence-corrected chi connectivity index (χ2v) is 3.98. The number of amides is 1. The van der Waals surface area contributed by atoms with E-state index in [-0.39, 0.29) is 5.91 Å². The van der Waals surface area contributed by atoms with Gasteiger partial charge in [0.25, 0.3) is 0 Å². The van der Waals surface area contributed by atoms with Gasteiger partial charge in [0.05, 0.1) is 0 Å². The molecule has 4 heteroatoms. The lowest BCUT2D eigenvalue weighted by Gasteiger charge is -2.12. The minimum absolute atomic E-state index is 0.135. The zero-order chi connectivity index (χ0) is 10.4. The van der Waals surface area contributed by atoms with E-state index in [4.69, 9.17) is 0 Å². The number of carbonyl (C=O) groups is 1. The first kappa shape index (κ1) is 11.5. The van der Waals surface area contributed by atoms with Crippen LogP contribution in [0, 0.1) is 0 Å². The van der Waals surface area contributed by atoms with Gasteiger partial charge in [0.15, 0.2) is 0 Å². The van der Waals surface area contributed by atoms with Crippen molar-refractivity contribution in [3.63, 3.8) is 0 Å². The molecule has 1 unspecified atom stereocenters. The van der Waals surface area contributed by atoms with Gasteiger partial charge in [0, 0.05) is 26.1 Å². The molecule has 0 aromatic carbocycles. The molecule has 0 spiro atoms. The van der Waals surface area contributed by atoms with Gasteiger partial charge in [-0.15, -0.1) is 0 Å². The minimum Gasteiger partial charge on any atom is -0.359 e. The van der Waals surface area contributed by atoms with Crippen molar-refractivity contribution in [1.29, 1.82) is 0 Å². The van der Waals surface area contributed by atoms with E-state index in [0.29, 0.717) is 12.5 Å². The van der Waals surface area contributed by atoms with Crippen LogP contribution in [0.3, 0.4) is 0 Å². The van der Waals surface area contributed by atoms with Crippen molar-refractivity contribution in [3.8, 4) is 0 Å². The highest BCUT2D eigenvalue weighted by Gasteiger charge is 2.17. The average Bonchev–Trinajstić information content (AvgIpc) is 2.58. The Hall–Kier alpha value is -0.610. The highest BCUT2D eigenvalue weighted by atomic mass is 16.1. The molecule has 0 saturated carbocycles. The molecular formula is C10H21N3O. The van der Waals surface area contributed by atoms with E-state index in [9.17, 15) is 4.79 Å². The zero-order valence-corrected chi connectivity index (χ0v) is 9.18. The summed E-state index contributed by atoms with van der Waals surface area (Å²) >= 11 is 0. The molecule has 0 aliphatic carbocycles. The van der Waals surface area contributed by atoms with Crippen LogP contribution in [-0.2, 0) is 4.79 Å². The molecule has 0 radical (unpaired) electrons. The van der Waals surface area contributed by atoms with E-state index in [0.717, 1.165) is 19.5 Å². The fourth-order valence-electron chi connectivity index (χ4n) is 1.78. The van der Waals surface area contributed by atoms with Crippen molar-refractivity contribution in [2.24, 2.45) is 0 Å². The lowest BCUT2D eigenvalue weighted by atomic mass is 10.2. The molecule has 1 amide bonds. The van der Waals surface area contributed by atoms with E-state index in [2.05, 4.69) is 22.6 Å². The van der Waals surface area contributed by atoms with Crippen LogP contribution in [0.5, 0.6) is 0 Å². The summed E-state index contributed by atoms with van der Waals surface area (Å²) in [5.41, 5.74) is 0. The smallest absolute Gasteiger partial charge is 0.219 e. The van der Waals surface area contributed by atoms with Gasteiger partial charge in [-0.05, 0) is 33.0 Å². The standard InChI is InChI=1S/C10H21N3O/c1-11-10(14)4-3-6-12-9-5-7-13(2)8-9/h9,12H,3-8H2,1-2H3,(H,11,14). The molecule has 1 aliphatic rings. The number of nitrogens with zero attached hydrogens (tertiary/aromatic N) is 1. The van der Waals surface area contributed by atoms with Crippen LogP contribution < -0.4 is 10.6 Å². The number of hydrogen-bond donors (Lipinski definition) is 2. The van der Waals surface area contributed by atoms with Crippen LogP contribution in [0.1, 0.15) is 19.3 Å². The summed E-state index contributed by atoms with van der Waals surface area (Å²) in [6.07, 6.45) is 2.79. The molecule has 1 heterocycles. The summed E-state index contributed by atoms with van der Waals surface area (Å²) < 4.78 is 0. The predicted molar refractivity (Wildman–Crippen MR) is 57.2 cm³/mol. The Labute approximate surface area is 86.0 Å². The van der Waals surface area contributed by atoms with Gasteiger partial charge >= 0.3 is 0 Å². The van der Waals surface area contributed by atoms with E-state index < -0.39 is 0 Å². The van der Waals surface area contributed by atoms with Crippen LogP contribution >= 0.6 is 0 Å². The maximum Gasteiger partial charge on any atom is 0.219 e. The summed E-state index contributed by atoms with van der Waals surface area (Å²) in [6, 6.07) is 0.629. The van der Waals surface area contributed by atoms with Gasteiger partial charge in [-0.1, -0.05) is 0 Å². The Balaban J connectivity index is 1.96. The second kappa shape index (κ2) is 5.98. The van der Waals surface area contributed by atoms with Gasteiger partial charge in [-0.3, -0.25) is 4.79 Å². The first-order valence-electron chi connectivity index (χ1n) is 5.35. The SMILES string of the molecule is CNC(=O)CCCNC1CCN(C)C1. The molecule has 1 atom stereocenters. The molecule has 0 aromatic heterocycles. The first-order valence-corrected chi connectivity index (χ1v) is 5.35. The van der Waals surface area contributed by atoms with E-state index in [1.807, 2.05) is 0 Å². The highest BCUT2D eigenvalue weighted by Crippen LogP contribution is 2.05. The van der Waals surface area contributed by atoms with Crippen LogP contribution in [-0.4, -0.2) is 50.6 Å². The molecule has 1 saturated heterocycles. The Morgan fingerprint density at radius 1 is 1.57 bits per heavy atom. The Bertz CT molecular complexity index is 184. The van der Waals surface area contributed by atoms with E-state index in [1.165, 1.54) is 13.0 Å². The summed E-state index contributed by atoms with van der Waals surface area (Å²) in [5, 5.41) is 6.10. The summed E-state index contributed by atoms with van der Waals surface area (Å²) in [4.78, 5) is 13.2. The number of nitrogens with one attached hydrogen (secondary N) is 2. The minimum atomic E-state index is 0.135. The van der Waals surface area contributed by atoms with Gasteiger partial charge < -0.3 is 15.5 Å². The van der Waals surface area contributed by atoms with Crippen molar-refractivity contribution in [2.45, 2.75) is 25.3 Å². The van der Waals surface area contributed by atoms with Crippen molar-refractivity contribution in [1.82, 2.24) is 15.5 Å². The third-order valence-electron chi connectivity index (χ3n) is 2.68. The quantitative estimate of drug-likeness (QED) is 0.603. The molecule has 1 rings (SSSR count). The topological polar surface area (TPSA) is 44.4 Å². The number of carbonyl (C=O) groups excluding carboxylic acids is 1. The van der Waals surface area contributed by atoms with Gasteiger partial charge in [-0.25, -0.2) is 0 Å². The van der Waals surface area contributed by atoms with E-state index >= 15 is 0 Å². The zero-order valence-electron chi connectivity index (χ0n) is 9.18. The summed E-state index contributed by atoms with van der Waals surface area (Å²) in [5.74, 6) is 0.135. The Morgan fingerprint density at radius 3 is 2.93 bits per heavy atom. The van der Waals surface area contributed by atoms with Crippen LogP contribution in [0.15, 0.2) is 0 Å². The normalized spacial score (nSPS) is 22.6. The van der Waals surface area contributed by atoms with E-state index in [1.54, 1.807) is 7.05 Å². The van der Waals surface area contributed by atoms with Crippen molar-refractivity contribution in [3.05, 3.63) is 0 Å². The van der Waals surface area contributed by atoms with Gasteiger partial charge in [0.1, 0.15) is 0 Å². The average molecular weight is 199 g/mol. The fourth-order valence-corrected chi connectivity index (χ4v) is 1.78. The molecule has 2 N–H and O–H groups in total. The summed E-state index contributed by atoms with van der Waals surface area (Å²) in [7, 11) is 3.83. The monoisotopic (exact) mass is 199 g/mol. The number of hydrogen-bond acceptors (Lipinski definition) is 3. The Morgan fingerprint density at radius 2 is 2.36 bits per heavy atom. The van der Waals surface area contributed by atoms with Gasteiger partial charge in [0.2, 0.25) is 5.91 Å². The van der Waals surface area contributed by atoms with Crippen LogP contribution in [0.4, 0.5) is 0 Å². The molecule has 14 heavy (non-hydrogen) atoms. The number of rotatable bonds is 5. The third-order valence-corrected chi connectivity index (χ3v) is 2.68. The second-order valence-electron chi connectivity index (χ2n) is 3.98. The molecule has 4 nitrogen and oxygen atoms in total. The fraction of sp³-hybridized carbons (Fsp3) is 0.900. The first-order chi connectivity index (χ1) is 6.72. The number of likely N-dealkylation sites (tertiary alicyclic amines) is 1. The molecular weight excluding hydrogens is 178 g/mol. The molecule has 1 fully saturated rings. The highest BCUT2D eigenvalue weighted by molar-refractivity contribution is 5.75. The van der Waals surface area contributed by atoms with Crippen molar-refractivity contribution >= 4 is 5.91 Å². The molecule has 0 bridgehead atoms. The third kappa shape index (κ3) is 4.07. The lowest BCUT2D eigenvalue weighted by Crippen LogP contribution is -2.32. The Kier molecular flexibility index (Phi) is 4.90. The maximum atomic E-state index is 10.9. The van der Waals surface area contributed by atoms with Gasteiger partial charge in [-0.2, -0.15) is 0 Å². The maximum absolute atomic E-state index is 10.9. The van der Waals surface area contributed by atoms with Crippen molar-refractivity contribution in [2.75, 3.05) is 33.7 Å². The van der Waals surface area contributed by atoms with Crippen LogP contribution in [0.25, 0.3) is 0 Å². The molecule has 82 valence electrons. The lowest BCUT2D eigenvalue weighted by molar-refractivity contribution is -0.120. The van der Waals surface area contributed by atoms with Crippen LogP contribution in [0.2, 0.25) is 0 Å². The molecule has 0 aromatic rings.